The maximum atomic E-state index is 8.80. The number of hydrogen-bond donors (Lipinski definition) is 1. The van der Waals surface area contributed by atoms with Crippen molar-refractivity contribution >= 4 is 0 Å². The first-order valence-electron chi connectivity index (χ1n) is 5.70. The zero-order valence-corrected chi connectivity index (χ0v) is 11.3. The summed E-state index contributed by atoms with van der Waals surface area (Å²) in [6.45, 7) is 0. The van der Waals surface area contributed by atoms with Crippen molar-refractivity contribution in [1.82, 2.24) is 0 Å². The number of benzene rings is 2. The van der Waals surface area contributed by atoms with Gasteiger partial charge in [-0.25, -0.2) is 0 Å². The first kappa shape index (κ1) is 14.7. The van der Waals surface area contributed by atoms with Gasteiger partial charge in [-0.1, -0.05) is 0 Å². The normalized spacial score (nSPS) is 9.00. The smallest absolute Gasteiger partial charge is 0.119 e. The van der Waals surface area contributed by atoms with E-state index in [4.69, 9.17) is 19.3 Å². The molecule has 0 unspecified atom stereocenters. The van der Waals surface area contributed by atoms with Crippen LogP contribution in [0, 0.1) is 0 Å². The summed E-state index contributed by atoms with van der Waals surface area (Å²) in [4.78, 5) is 0. The topological polar surface area (TPSA) is 47.9 Å². The minimum absolute atomic E-state index is 0.260. The van der Waals surface area contributed by atoms with E-state index < -0.39 is 0 Å². The lowest BCUT2D eigenvalue weighted by Gasteiger charge is -2.00. The summed E-state index contributed by atoms with van der Waals surface area (Å²) in [5, 5.41) is 8.80. The van der Waals surface area contributed by atoms with Gasteiger partial charge in [-0.05, 0) is 48.5 Å². The highest BCUT2D eigenvalue weighted by Crippen LogP contribution is 2.16. The van der Waals surface area contributed by atoms with Crippen LogP contribution in [-0.2, 0) is 0 Å². The minimum Gasteiger partial charge on any atom is -0.508 e. The monoisotopic (exact) mass is 262 g/mol. The Morgan fingerprint density at radius 2 is 0.842 bits per heavy atom. The quantitative estimate of drug-likeness (QED) is 0.923. The van der Waals surface area contributed by atoms with Gasteiger partial charge in [-0.2, -0.15) is 0 Å². The van der Waals surface area contributed by atoms with Gasteiger partial charge >= 0.3 is 0 Å². The Bertz CT molecular complexity index is 440. The molecule has 0 spiro atoms. The molecule has 0 bridgehead atoms. The third-order valence-electron chi connectivity index (χ3n) is 2.37. The lowest BCUT2D eigenvalue weighted by Crippen LogP contribution is -1.83. The van der Waals surface area contributed by atoms with Gasteiger partial charge in [0.1, 0.15) is 23.0 Å². The predicted octanol–water partition coefficient (Wildman–Crippen LogP) is 3.10. The second-order valence-electron chi connectivity index (χ2n) is 3.58. The van der Waals surface area contributed by atoms with Crippen LogP contribution in [0.3, 0.4) is 0 Å². The molecule has 19 heavy (non-hydrogen) atoms. The number of phenols is 1. The van der Waals surface area contributed by atoms with Crippen LogP contribution in [0.5, 0.6) is 23.0 Å². The molecule has 2 aromatic carbocycles. The average Bonchev–Trinajstić information content (AvgIpc) is 2.49. The maximum absolute atomic E-state index is 8.80. The zero-order chi connectivity index (χ0) is 14.1. The number of methoxy groups -OCH3 is 3. The molecule has 0 aromatic heterocycles. The highest BCUT2D eigenvalue weighted by atomic mass is 16.5. The van der Waals surface area contributed by atoms with Gasteiger partial charge in [0.2, 0.25) is 0 Å². The van der Waals surface area contributed by atoms with Crippen molar-refractivity contribution in [2.24, 2.45) is 0 Å². The summed E-state index contributed by atoms with van der Waals surface area (Å²) < 4.78 is 14.8. The van der Waals surface area contributed by atoms with Crippen LogP contribution >= 0.6 is 0 Å². The summed E-state index contributed by atoms with van der Waals surface area (Å²) in [7, 11) is 4.87. The molecule has 0 aliphatic heterocycles. The van der Waals surface area contributed by atoms with Crippen molar-refractivity contribution < 1.29 is 19.3 Å². The van der Waals surface area contributed by atoms with E-state index >= 15 is 0 Å². The van der Waals surface area contributed by atoms with Crippen LogP contribution < -0.4 is 14.2 Å². The Hall–Kier alpha value is -2.36. The molecule has 4 heteroatoms. The fourth-order valence-electron chi connectivity index (χ4n) is 1.29. The Balaban J connectivity index is 0.000000191. The molecule has 0 aliphatic rings. The second kappa shape index (κ2) is 7.87. The SMILES string of the molecule is COc1ccc(O)cc1.COc1ccc(OC)cc1. The number of phenolic OH excluding ortho intramolecular Hbond substituents is 1. The van der Waals surface area contributed by atoms with Crippen LogP contribution in [0.25, 0.3) is 0 Å². The third-order valence-corrected chi connectivity index (χ3v) is 2.37. The molecule has 0 saturated heterocycles. The van der Waals surface area contributed by atoms with Crippen LogP contribution in [0.4, 0.5) is 0 Å². The molecule has 102 valence electrons. The van der Waals surface area contributed by atoms with E-state index in [9.17, 15) is 0 Å². The molecule has 2 aromatic rings. The maximum Gasteiger partial charge on any atom is 0.119 e. The van der Waals surface area contributed by atoms with Crippen LogP contribution in [-0.4, -0.2) is 26.4 Å². The van der Waals surface area contributed by atoms with Crippen molar-refractivity contribution in [3.8, 4) is 23.0 Å². The van der Waals surface area contributed by atoms with Crippen molar-refractivity contribution in [1.29, 1.82) is 0 Å². The van der Waals surface area contributed by atoms with Gasteiger partial charge in [0, 0.05) is 0 Å². The second-order valence-corrected chi connectivity index (χ2v) is 3.58. The summed E-state index contributed by atoms with van der Waals surface area (Å²) in [5.41, 5.74) is 0. The molecule has 4 nitrogen and oxygen atoms in total. The van der Waals surface area contributed by atoms with Gasteiger partial charge in [-0.15, -0.1) is 0 Å². The molecule has 0 fully saturated rings. The van der Waals surface area contributed by atoms with E-state index in [1.54, 1.807) is 45.6 Å². The van der Waals surface area contributed by atoms with Crippen molar-refractivity contribution in [2.75, 3.05) is 21.3 Å². The molecule has 2 rings (SSSR count). The number of aromatic hydroxyl groups is 1. The molecule has 0 heterocycles. The summed E-state index contributed by atoms with van der Waals surface area (Å²) in [6.07, 6.45) is 0. The highest BCUT2D eigenvalue weighted by Gasteiger charge is 1.90. The zero-order valence-electron chi connectivity index (χ0n) is 11.3. The molecular formula is C15H18O4. The fourth-order valence-corrected chi connectivity index (χ4v) is 1.29. The van der Waals surface area contributed by atoms with E-state index in [1.165, 1.54) is 0 Å². The Morgan fingerprint density at radius 3 is 1.11 bits per heavy atom. The van der Waals surface area contributed by atoms with Gasteiger partial charge in [-0.3, -0.25) is 0 Å². The molecule has 0 aliphatic carbocycles. The fraction of sp³-hybridized carbons (Fsp3) is 0.200. The van der Waals surface area contributed by atoms with E-state index in [2.05, 4.69) is 0 Å². The van der Waals surface area contributed by atoms with E-state index in [0.717, 1.165) is 17.2 Å². The number of hydrogen-bond acceptors (Lipinski definition) is 4. The van der Waals surface area contributed by atoms with Gasteiger partial charge < -0.3 is 19.3 Å². The first-order valence-corrected chi connectivity index (χ1v) is 5.70. The van der Waals surface area contributed by atoms with Crippen molar-refractivity contribution in [2.45, 2.75) is 0 Å². The lowest BCUT2D eigenvalue weighted by atomic mass is 10.3. The molecule has 0 saturated carbocycles. The Kier molecular flexibility index (Phi) is 6.09. The van der Waals surface area contributed by atoms with Gasteiger partial charge in [0.05, 0.1) is 21.3 Å². The summed E-state index contributed by atoms with van der Waals surface area (Å²) in [5.74, 6) is 2.71. The molecule has 0 atom stereocenters. The van der Waals surface area contributed by atoms with Crippen LogP contribution in [0.1, 0.15) is 0 Å². The standard InChI is InChI=1S/C8H10O2.C7H8O2/c1-9-7-3-5-8(10-2)6-4-7;1-9-7-4-2-6(8)3-5-7/h3-6H,1-2H3;2-5,8H,1H3. The minimum atomic E-state index is 0.260. The summed E-state index contributed by atoms with van der Waals surface area (Å²) >= 11 is 0. The Labute approximate surface area is 113 Å². The third kappa shape index (κ3) is 5.21. The summed E-state index contributed by atoms with van der Waals surface area (Å²) in [6, 6.07) is 14.0. The number of rotatable bonds is 3. The predicted molar refractivity (Wildman–Crippen MR) is 74.2 cm³/mol. The van der Waals surface area contributed by atoms with Crippen molar-refractivity contribution in [3.05, 3.63) is 48.5 Å². The lowest BCUT2D eigenvalue weighted by molar-refractivity contribution is 0.403. The molecular weight excluding hydrogens is 244 g/mol. The van der Waals surface area contributed by atoms with Crippen LogP contribution in [0.2, 0.25) is 0 Å². The molecule has 0 radical (unpaired) electrons. The highest BCUT2D eigenvalue weighted by molar-refractivity contribution is 5.31. The van der Waals surface area contributed by atoms with Crippen LogP contribution in [0.15, 0.2) is 48.5 Å². The average molecular weight is 262 g/mol. The first-order chi connectivity index (χ1) is 9.19. The largest absolute Gasteiger partial charge is 0.508 e. The molecule has 0 amide bonds. The molecule has 1 N–H and O–H groups in total. The van der Waals surface area contributed by atoms with E-state index in [-0.39, 0.29) is 5.75 Å². The van der Waals surface area contributed by atoms with Gasteiger partial charge in [0.25, 0.3) is 0 Å². The van der Waals surface area contributed by atoms with E-state index in [1.807, 2.05) is 24.3 Å². The van der Waals surface area contributed by atoms with Gasteiger partial charge in [0.15, 0.2) is 0 Å². The van der Waals surface area contributed by atoms with E-state index in [0.29, 0.717) is 0 Å². The number of ether oxygens (including phenoxy) is 3. The Morgan fingerprint density at radius 1 is 0.579 bits per heavy atom. The van der Waals surface area contributed by atoms with Crippen molar-refractivity contribution in [3.63, 3.8) is 0 Å².